The van der Waals surface area contributed by atoms with Crippen molar-refractivity contribution in [1.29, 1.82) is 0 Å². The number of carbonyl (C=O) groups is 1. The van der Waals surface area contributed by atoms with Gasteiger partial charge in [-0.2, -0.15) is 4.39 Å². The van der Waals surface area contributed by atoms with Gasteiger partial charge in [0.2, 0.25) is 11.5 Å². The second-order valence-corrected chi connectivity index (χ2v) is 7.07. The molecule has 1 aliphatic rings. The molecule has 33 heavy (non-hydrogen) atoms. The molecule has 0 saturated carbocycles. The Morgan fingerprint density at radius 2 is 1.94 bits per heavy atom. The van der Waals surface area contributed by atoms with E-state index in [0.29, 0.717) is 0 Å². The first-order valence-electron chi connectivity index (χ1n) is 9.44. The lowest BCUT2D eigenvalue weighted by atomic mass is 9.81. The highest BCUT2D eigenvalue weighted by molar-refractivity contribution is 5.94. The molecule has 0 radical (unpaired) electrons. The average molecular weight is 467 g/mol. The molecule has 7 nitrogen and oxygen atoms in total. The van der Waals surface area contributed by atoms with E-state index < -0.39 is 40.9 Å². The Bertz CT molecular complexity index is 1260. The molecule has 0 bridgehead atoms. The zero-order chi connectivity index (χ0) is 23.8. The van der Waals surface area contributed by atoms with E-state index in [4.69, 9.17) is 4.74 Å². The van der Waals surface area contributed by atoms with E-state index in [9.17, 15) is 31.5 Å². The van der Waals surface area contributed by atoms with Crippen LogP contribution in [0.25, 0.3) is 0 Å². The molecule has 12 heteroatoms. The van der Waals surface area contributed by atoms with Crippen LogP contribution in [-0.2, 0) is 5.54 Å². The number of H-pyrrole nitrogens is 1. The predicted octanol–water partition coefficient (Wildman–Crippen LogP) is 3.40. The predicted molar refractivity (Wildman–Crippen MR) is 103 cm³/mol. The third kappa shape index (κ3) is 4.49. The van der Waals surface area contributed by atoms with E-state index >= 15 is 0 Å². The van der Waals surface area contributed by atoms with Crippen LogP contribution >= 0.6 is 0 Å². The summed E-state index contributed by atoms with van der Waals surface area (Å²) in [4.78, 5) is 30.4. The van der Waals surface area contributed by atoms with Crippen molar-refractivity contribution >= 4 is 5.91 Å². The molecule has 172 valence electrons. The van der Waals surface area contributed by atoms with Gasteiger partial charge in [0.05, 0.1) is 12.2 Å². The summed E-state index contributed by atoms with van der Waals surface area (Å²) in [5.41, 5.74) is -2.22. The van der Waals surface area contributed by atoms with Gasteiger partial charge in [-0.3, -0.25) is 9.59 Å². The maximum atomic E-state index is 14.6. The van der Waals surface area contributed by atoms with Crippen molar-refractivity contribution < 1.29 is 36.2 Å². The molecular weight excluding hydrogens is 453 g/mol. The van der Waals surface area contributed by atoms with Crippen molar-refractivity contribution in [2.45, 2.75) is 18.3 Å². The molecular formula is C21H14F5N3O4. The van der Waals surface area contributed by atoms with Crippen molar-refractivity contribution in [3.63, 3.8) is 0 Å². The van der Waals surface area contributed by atoms with Crippen LogP contribution in [-0.4, -0.2) is 28.8 Å². The maximum absolute atomic E-state index is 14.6. The Balaban J connectivity index is 1.84. The SMILES string of the molecule is O=C(NC1(c2ccc(OC(F)(F)F)c(F)c2)CCOc2ccc(F)nc21)c1ccc(=O)[nH]c1. The lowest BCUT2D eigenvalue weighted by Gasteiger charge is -2.39. The molecule has 2 aromatic heterocycles. The highest BCUT2D eigenvalue weighted by Gasteiger charge is 2.44. The number of halogens is 5. The van der Waals surface area contributed by atoms with Gasteiger partial charge < -0.3 is 19.8 Å². The molecule has 1 atom stereocenters. The van der Waals surface area contributed by atoms with E-state index in [-0.39, 0.29) is 35.6 Å². The summed E-state index contributed by atoms with van der Waals surface area (Å²) in [5.74, 6) is -3.99. The van der Waals surface area contributed by atoms with Gasteiger partial charge in [0, 0.05) is 18.7 Å². The third-order valence-electron chi connectivity index (χ3n) is 4.99. The molecule has 1 aliphatic heterocycles. The lowest BCUT2D eigenvalue weighted by molar-refractivity contribution is -0.275. The van der Waals surface area contributed by atoms with E-state index in [0.717, 1.165) is 36.5 Å². The fourth-order valence-corrected chi connectivity index (χ4v) is 3.54. The Kier molecular flexibility index (Phi) is 5.52. The number of hydrogen-bond donors (Lipinski definition) is 2. The van der Waals surface area contributed by atoms with Crippen molar-refractivity contribution in [2.24, 2.45) is 0 Å². The van der Waals surface area contributed by atoms with Crippen LogP contribution < -0.4 is 20.3 Å². The van der Waals surface area contributed by atoms with Gasteiger partial charge in [-0.05, 0) is 35.9 Å². The summed E-state index contributed by atoms with van der Waals surface area (Å²) in [7, 11) is 0. The first kappa shape index (κ1) is 22.2. The van der Waals surface area contributed by atoms with E-state index in [1.54, 1.807) is 0 Å². The summed E-state index contributed by atoms with van der Waals surface area (Å²) in [6.07, 6.45) is -4.02. The van der Waals surface area contributed by atoms with Crippen LogP contribution in [0.15, 0.2) is 53.5 Å². The summed E-state index contributed by atoms with van der Waals surface area (Å²) in [6.45, 7) is -0.00532. The zero-order valence-electron chi connectivity index (χ0n) is 16.5. The smallest absolute Gasteiger partial charge is 0.491 e. The van der Waals surface area contributed by atoms with Gasteiger partial charge in [0.1, 0.15) is 17.0 Å². The summed E-state index contributed by atoms with van der Waals surface area (Å²) in [6, 6.07) is 7.26. The molecule has 2 N–H and O–H groups in total. The van der Waals surface area contributed by atoms with Gasteiger partial charge in [0.15, 0.2) is 11.6 Å². The fourth-order valence-electron chi connectivity index (χ4n) is 3.54. The third-order valence-corrected chi connectivity index (χ3v) is 4.99. The normalized spacial score (nSPS) is 17.6. The number of aromatic nitrogens is 2. The largest absolute Gasteiger partial charge is 0.573 e. The Morgan fingerprint density at radius 3 is 2.61 bits per heavy atom. The number of nitrogens with zero attached hydrogens (tertiary/aromatic N) is 1. The molecule has 1 unspecified atom stereocenters. The molecule has 3 aromatic rings. The van der Waals surface area contributed by atoms with Crippen molar-refractivity contribution in [3.8, 4) is 11.5 Å². The maximum Gasteiger partial charge on any atom is 0.573 e. The van der Waals surface area contributed by atoms with Crippen LogP contribution in [0.4, 0.5) is 22.0 Å². The van der Waals surface area contributed by atoms with Crippen LogP contribution in [0.3, 0.4) is 0 Å². The number of hydrogen-bond acceptors (Lipinski definition) is 5. The van der Waals surface area contributed by atoms with Gasteiger partial charge in [-0.1, -0.05) is 6.07 Å². The zero-order valence-corrected chi connectivity index (χ0v) is 16.5. The molecule has 0 fully saturated rings. The Hall–Kier alpha value is -3.96. The van der Waals surface area contributed by atoms with Crippen LogP contribution in [0.5, 0.6) is 11.5 Å². The second-order valence-electron chi connectivity index (χ2n) is 7.07. The molecule has 1 aromatic carbocycles. The molecule has 0 aliphatic carbocycles. The highest BCUT2D eigenvalue weighted by atomic mass is 19.4. The Labute approximate surface area is 182 Å². The number of fused-ring (bicyclic) bond motifs is 1. The summed E-state index contributed by atoms with van der Waals surface area (Å²) < 4.78 is 75.4. The number of ether oxygens (including phenoxy) is 2. The minimum absolute atomic E-state index is 0.00532. The number of alkyl halides is 3. The molecule has 1 amide bonds. The highest BCUT2D eigenvalue weighted by Crippen LogP contribution is 2.42. The number of amides is 1. The van der Waals surface area contributed by atoms with Gasteiger partial charge in [-0.25, -0.2) is 9.37 Å². The van der Waals surface area contributed by atoms with E-state index in [2.05, 4.69) is 20.0 Å². The van der Waals surface area contributed by atoms with Crippen LogP contribution in [0.1, 0.15) is 28.0 Å². The number of benzene rings is 1. The summed E-state index contributed by atoms with van der Waals surface area (Å²) >= 11 is 0. The topological polar surface area (TPSA) is 93.3 Å². The first-order chi connectivity index (χ1) is 15.6. The van der Waals surface area contributed by atoms with Gasteiger partial charge in [-0.15, -0.1) is 13.2 Å². The Morgan fingerprint density at radius 1 is 1.15 bits per heavy atom. The number of carbonyl (C=O) groups excluding carboxylic acids is 1. The minimum Gasteiger partial charge on any atom is -0.491 e. The number of nitrogens with one attached hydrogen (secondary N) is 2. The quantitative estimate of drug-likeness (QED) is 0.453. The van der Waals surface area contributed by atoms with E-state index in [1.807, 2.05) is 0 Å². The number of aromatic amines is 1. The van der Waals surface area contributed by atoms with Crippen LogP contribution in [0, 0.1) is 11.8 Å². The second kappa shape index (κ2) is 8.19. The standard InChI is InChI=1S/C21H14F5N3O4/c22-13-9-12(2-3-14(13)33-21(24,25)26)20(29-19(31)11-1-6-17(30)27-10-11)7-8-32-15-4-5-16(23)28-18(15)20/h1-6,9-10H,7-8H2,(H,27,30)(H,29,31). The van der Waals surface area contributed by atoms with E-state index in [1.165, 1.54) is 12.1 Å². The van der Waals surface area contributed by atoms with Gasteiger partial charge >= 0.3 is 6.36 Å². The molecule has 3 heterocycles. The van der Waals surface area contributed by atoms with Crippen LogP contribution in [0.2, 0.25) is 0 Å². The van der Waals surface area contributed by atoms with Crippen molar-refractivity contribution in [2.75, 3.05) is 6.61 Å². The minimum atomic E-state index is -5.12. The molecule has 0 spiro atoms. The van der Waals surface area contributed by atoms with Gasteiger partial charge in [0.25, 0.3) is 5.91 Å². The van der Waals surface area contributed by atoms with Crippen molar-refractivity contribution in [1.82, 2.24) is 15.3 Å². The number of pyridine rings is 2. The monoisotopic (exact) mass is 467 g/mol. The fraction of sp³-hybridized carbons (Fsp3) is 0.190. The first-order valence-corrected chi connectivity index (χ1v) is 9.44. The van der Waals surface area contributed by atoms with Crippen molar-refractivity contribution in [3.05, 3.63) is 87.6 Å². The number of rotatable bonds is 4. The average Bonchev–Trinajstić information content (AvgIpc) is 2.75. The lowest BCUT2D eigenvalue weighted by Crippen LogP contribution is -2.50. The molecule has 4 rings (SSSR count). The molecule has 0 saturated heterocycles. The summed E-state index contributed by atoms with van der Waals surface area (Å²) in [5, 5.41) is 2.66.